The van der Waals surface area contributed by atoms with E-state index in [0.717, 1.165) is 50.1 Å². The zero-order valence-electron chi connectivity index (χ0n) is 16.3. The summed E-state index contributed by atoms with van der Waals surface area (Å²) in [6, 6.07) is 11.9. The first-order valence-electron chi connectivity index (χ1n) is 10.5. The van der Waals surface area contributed by atoms with Crippen molar-refractivity contribution < 1.29 is 9.21 Å². The van der Waals surface area contributed by atoms with Crippen LogP contribution >= 0.6 is 11.6 Å². The molecule has 2 fully saturated rings. The minimum Gasteiger partial charge on any atom is -0.468 e. The maximum atomic E-state index is 13.4. The molecule has 1 amide bonds. The van der Waals surface area contributed by atoms with Crippen molar-refractivity contribution in [2.45, 2.75) is 56.4 Å². The zero-order valence-corrected chi connectivity index (χ0v) is 17.1. The van der Waals surface area contributed by atoms with Crippen LogP contribution in [0.3, 0.4) is 0 Å². The number of nitrogens with zero attached hydrogens (tertiary/aromatic N) is 1. The summed E-state index contributed by atoms with van der Waals surface area (Å²) in [5, 5.41) is 4.00. The third-order valence-corrected chi connectivity index (χ3v) is 6.70. The summed E-state index contributed by atoms with van der Waals surface area (Å²) in [6.07, 6.45) is 9.40. The van der Waals surface area contributed by atoms with Crippen molar-refractivity contribution in [3.8, 4) is 0 Å². The van der Waals surface area contributed by atoms with Gasteiger partial charge in [0.25, 0.3) is 0 Å². The van der Waals surface area contributed by atoms with Crippen LogP contribution in [0.1, 0.15) is 62.3 Å². The van der Waals surface area contributed by atoms with Gasteiger partial charge in [-0.15, -0.1) is 0 Å². The molecule has 0 bridgehead atoms. The molecule has 1 saturated heterocycles. The summed E-state index contributed by atoms with van der Waals surface area (Å²) in [6.45, 7) is 2.70. The molecule has 0 unspecified atom stereocenters. The Morgan fingerprint density at radius 3 is 2.43 bits per heavy atom. The molecule has 1 saturated carbocycles. The molecule has 2 heterocycles. The maximum Gasteiger partial charge on any atom is 0.230 e. The molecule has 1 aromatic heterocycles. The molecule has 1 N–H and O–H groups in total. The summed E-state index contributed by atoms with van der Waals surface area (Å²) < 4.78 is 5.72. The van der Waals surface area contributed by atoms with Crippen LogP contribution in [-0.2, 0) is 10.2 Å². The van der Waals surface area contributed by atoms with Crippen molar-refractivity contribution in [1.29, 1.82) is 0 Å². The molecule has 5 heteroatoms. The Morgan fingerprint density at radius 1 is 1.07 bits per heavy atom. The standard InChI is InChI=1S/C23H29ClN2O2/c24-19-10-8-18(9-11-19)23(12-2-3-13-23)22(27)25-17-20(21-7-6-16-28-21)26-14-4-1-5-15-26/h6-11,16,20H,1-5,12-15,17H2,(H,25,27)/t20-/m0/s1. The normalized spacial score (nSPS) is 20.8. The number of piperidine rings is 1. The molecule has 4 rings (SSSR count). The van der Waals surface area contributed by atoms with E-state index < -0.39 is 5.41 Å². The second-order valence-electron chi connectivity index (χ2n) is 8.13. The Hall–Kier alpha value is -1.78. The lowest BCUT2D eigenvalue weighted by Gasteiger charge is -2.35. The monoisotopic (exact) mass is 400 g/mol. The number of nitrogens with one attached hydrogen (secondary N) is 1. The van der Waals surface area contributed by atoms with Crippen LogP contribution in [0, 0.1) is 0 Å². The summed E-state index contributed by atoms with van der Waals surface area (Å²) in [5.41, 5.74) is 0.652. The number of rotatable bonds is 6. The van der Waals surface area contributed by atoms with Gasteiger partial charge in [-0.1, -0.05) is 43.0 Å². The number of furan rings is 1. The van der Waals surface area contributed by atoms with Crippen molar-refractivity contribution in [2.75, 3.05) is 19.6 Å². The Labute approximate surface area is 172 Å². The van der Waals surface area contributed by atoms with Crippen LogP contribution in [0.4, 0.5) is 0 Å². The molecular weight excluding hydrogens is 372 g/mol. The number of amides is 1. The summed E-state index contributed by atoms with van der Waals surface area (Å²) in [5.74, 6) is 1.08. The van der Waals surface area contributed by atoms with Crippen molar-refractivity contribution in [3.63, 3.8) is 0 Å². The molecule has 2 aromatic rings. The minimum atomic E-state index is -0.430. The molecule has 0 radical (unpaired) electrons. The fourth-order valence-corrected chi connectivity index (χ4v) is 5.00. The molecule has 28 heavy (non-hydrogen) atoms. The van der Waals surface area contributed by atoms with E-state index in [1.165, 1.54) is 19.3 Å². The highest BCUT2D eigenvalue weighted by Crippen LogP contribution is 2.42. The first-order chi connectivity index (χ1) is 13.7. The molecule has 0 spiro atoms. The zero-order chi connectivity index (χ0) is 19.4. The molecule has 150 valence electrons. The number of hydrogen-bond donors (Lipinski definition) is 1. The molecule has 1 aliphatic carbocycles. The maximum absolute atomic E-state index is 13.4. The van der Waals surface area contributed by atoms with Gasteiger partial charge in [0, 0.05) is 11.6 Å². The Bertz CT molecular complexity index is 760. The van der Waals surface area contributed by atoms with E-state index in [1.807, 2.05) is 36.4 Å². The summed E-state index contributed by atoms with van der Waals surface area (Å²) in [7, 11) is 0. The fraction of sp³-hybridized carbons (Fsp3) is 0.522. The predicted octanol–water partition coefficient (Wildman–Crippen LogP) is 5.09. The fourth-order valence-electron chi connectivity index (χ4n) is 4.87. The first-order valence-corrected chi connectivity index (χ1v) is 10.9. The lowest BCUT2D eigenvalue weighted by Crippen LogP contribution is -2.46. The van der Waals surface area contributed by atoms with Crippen molar-refractivity contribution in [1.82, 2.24) is 10.2 Å². The highest BCUT2D eigenvalue weighted by atomic mass is 35.5. The quantitative estimate of drug-likeness (QED) is 0.734. The SMILES string of the molecule is O=C(NC[C@@H](c1ccco1)N1CCCCC1)C1(c2ccc(Cl)cc2)CCCC1. The van der Waals surface area contributed by atoms with Gasteiger partial charge in [0.1, 0.15) is 5.76 Å². The van der Waals surface area contributed by atoms with Gasteiger partial charge in [-0.3, -0.25) is 9.69 Å². The van der Waals surface area contributed by atoms with Gasteiger partial charge in [-0.25, -0.2) is 0 Å². The number of benzene rings is 1. The molecule has 1 aromatic carbocycles. The van der Waals surface area contributed by atoms with Crippen LogP contribution in [0.15, 0.2) is 47.1 Å². The van der Waals surface area contributed by atoms with Crippen molar-refractivity contribution in [2.24, 2.45) is 0 Å². The molecule has 1 aliphatic heterocycles. The van der Waals surface area contributed by atoms with Gasteiger partial charge >= 0.3 is 0 Å². The number of carbonyl (C=O) groups excluding carboxylic acids is 1. The number of halogens is 1. The number of carbonyl (C=O) groups is 1. The van der Waals surface area contributed by atoms with Crippen LogP contribution in [0.2, 0.25) is 5.02 Å². The smallest absolute Gasteiger partial charge is 0.230 e. The van der Waals surface area contributed by atoms with Crippen molar-refractivity contribution >= 4 is 17.5 Å². The average molecular weight is 401 g/mol. The minimum absolute atomic E-state index is 0.0999. The highest BCUT2D eigenvalue weighted by molar-refractivity contribution is 6.30. The van der Waals surface area contributed by atoms with E-state index in [1.54, 1.807) is 6.26 Å². The van der Waals surface area contributed by atoms with Gasteiger partial charge in [0.05, 0.1) is 17.7 Å². The average Bonchev–Trinajstić information content (AvgIpc) is 3.42. The van der Waals surface area contributed by atoms with E-state index in [4.69, 9.17) is 16.0 Å². The third kappa shape index (κ3) is 3.99. The summed E-state index contributed by atoms with van der Waals surface area (Å²) in [4.78, 5) is 15.9. The number of hydrogen-bond acceptors (Lipinski definition) is 3. The lowest BCUT2D eigenvalue weighted by molar-refractivity contribution is -0.127. The Morgan fingerprint density at radius 2 is 1.79 bits per heavy atom. The molecule has 2 aliphatic rings. The van der Waals surface area contributed by atoms with Crippen LogP contribution in [0.25, 0.3) is 0 Å². The molecule has 1 atom stereocenters. The van der Waals surface area contributed by atoms with Gasteiger partial charge in [0.2, 0.25) is 5.91 Å². The van der Waals surface area contributed by atoms with E-state index in [9.17, 15) is 4.79 Å². The van der Waals surface area contributed by atoms with E-state index in [2.05, 4.69) is 10.2 Å². The van der Waals surface area contributed by atoms with Crippen LogP contribution < -0.4 is 5.32 Å². The first kappa shape index (κ1) is 19.5. The number of likely N-dealkylation sites (tertiary alicyclic amines) is 1. The van der Waals surface area contributed by atoms with Gasteiger partial charge in [-0.2, -0.15) is 0 Å². The lowest BCUT2D eigenvalue weighted by atomic mass is 9.78. The second kappa shape index (κ2) is 8.71. The Kier molecular flexibility index (Phi) is 6.07. The van der Waals surface area contributed by atoms with E-state index in [0.29, 0.717) is 11.6 Å². The largest absolute Gasteiger partial charge is 0.468 e. The van der Waals surface area contributed by atoms with Crippen LogP contribution in [-0.4, -0.2) is 30.4 Å². The predicted molar refractivity (Wildman–Crippen MR) is 111 cm³/mol. The van der Waals surface area contributed by atoms with Gasteiger partial charge < -0.3 is 9.73 Å². The topological polar surface area (TPSA) is 45.5 Å². The summed E-state index contributed by atoms with van der Waals surface area (Å²) >= 11 is 6.07. The molecule has 4 nitrogen and oxygen atoms in total. The highest BCUT2D eigenvalue weighted by Gasteiger charge is 2.43. The van der Waals surface area contributed by atoms with E-state index in [-0.39, 0.29) is 11.9 Å². The van der Waals surface area contributed by atoms with E-state index >= 15 is 0 Å². The third-order valence-electron chi connectivity index (χ3n) is 6.45. The van der Waals surface area contributed by atoms with Crippen LogP contribution in [0.5, 0.6) is 0 Å². The Balaban J connectivity index is 1.51. The molecular formula is C23H29ClN2O2. The van der Waals surface area contributed by atoms with Gasteiger partial charge in [-0.05, 0) is 68.6 Å². The second-order valence-corrected chi connectivity index (χ2v) is 8.57. The van der Waals surface area contributed by atoms with Gasteiger partial charge in [0.15, 0.2) is 0 Å². The van der Waals surface area contributed by atoms with Crippen molar-refractivity contribution in [3.05, 3.63) is 59.0 Å².